The molecule has 1 aliphatic rings. The van der Waals surface area contributed by atoms with Crippen LogP contribution in [0.2, 0.25) is 0 Å². The Morgan fingerprint density at radius 2 is 2.00 bits per heavy atom. The number of nitrogens with one attached hydrogen (secondary N) is 3. The fraction of sp³-hybridized carbons (Fsp3) is 0.292. The average molecular weight is 435 g/mol. The van der Waals surface area contributed by atoms with Crippen LogP contribution < -0.4 is 16.0 Å². The number of halogens is 1. The first-order valence-corrected chi connectivity index (χ1v) is 10.6. The second-order valence-electron chi connectivity index (χ2n) is 7.99. The lowest BCUT2D eigenvalue weighted by Crippen LogP contribution is -2.41. The third-order valence-electron chi connectivity index (χ3n) is 5.65. The third kappa shape index (κ3) is 5.32. The van der Waals surface area contributed by atoms with E-state index in [1.165, 1.54) is 6.07 Å². The van der Waals surface area contributed by atoms with Crippen LogP contribution in [0.15, 0.2) is 72.0 Å². The van der Waals surface area contributed by atoms with E-state index >= 15 is 0 Å². The summed E-state index contributed by atoms with van der Waals surface area (Å²) in [5, 5.41) is 13.6. The molecule has 166 valence electrons. The van der Waals surface area contributed by atoms with Crippen LogP contribution in [0.3, 0.4) is 0 Å². The molecule has 4 rings (SSSR count). The van der Waals surface area contributed by atoms with Gasteiger partial charge in [0.1, 0.15) is 12.4 Å². The van der Waals surface area contributed by atoms with Gasteiger partial charge in [-0.2, -0.15) is 5.10 Å². The number of hydrogen-bond donors (Lipinski definition) is 3. The second kappa shape index (κ2) is 9.64. The molecule has 0 bridgehead atoms. The van der Waals surface area contributed by atoms with Crippen LogP contribution in [-0.4, -0.2) is 35.2 Å². The number of aromatic nitrogens is 2. The number of rotatable bonds is 8. The molecule has 0 unspecified atom stereocenters. The van der Waals surface area contributed by atoms with Crippen molar-refractivity contribution >= 4 is 17.6 Å². The van der Waals surface area contributed by atoms with Gasteiger partial charge in [0.05, 0.1) is 0 Å². The summed E-state index contributed by atoms with van der Waals surface area (Å²) >= 11 is 0. The Bertz CT molecular complexity index is 1090. The van der Waals surface area contributed by atoms with Crippen LogP contribution in [0.4, 0.5) is 10.1 Å². The summed E-state index contributed by atoms with van der Waals surface area (Å²) < 4.78 is 15.8. The van der Waals surface area contributed by atoms with Crippen molar-refractivity contribution in [1.82, 2.24) is 20.4 Å². The Hall–Kier alpha value is -3.68. The molecule has 0 spiro atoms. The molecule has 8 heteroatoms. The van der Waals surface area contributed by atoms with Gasteiger partial charge >= 0.3 is 0 Å². The maximum Gasteiger partial charge on any atom is 0.246 e. The maximum atomic E-state index is 14.2. The van der Waals surface area contributed by atoms with Gasteiger partial charge in [0.15, 0.2) is 5.96 Å². The summed E-state index contributed by atoms with van der Waals surface area (Å²) in [6, 6.07) is 16.4. The van der Waals surface area contributed by atoms with E-state index in [0.717, 1.165) is 29.7 Å². The quantitative estimate of drug-likeness (QED) is 0.376. The monoisotopic (exact) mass is 434 g/mol. The zero-order valence-electron chi connectivity index (χ0n) is 18.0. The van der Waals surface area contributed by atoms with Gasteiger partial charge in [0.2, 0.25) is 5.91 Å². The molecule has 1 fully saturated rings. The molecule has 1 aliphatic carbocycles. The van der Waals surface area contributed by atoms with Crippen molar-refractivity contribution in [2.24, 2.45) is 4.99 Å². The minimum atomic E-state index is -0.165. The molecule has 0 atom stereocenters. The Labute approximate surface area is 186 Å². The number of benzene rings is 2. The summed E-state index contributed by atoms with van der Waals surface area (Å²) in [6.07, 6.45) is 5.30. The number of nitrogens with zero attached hydrogens (tertiary/aromatic N) is 3. The lowest BCUT2D eigenvalue weighted by Gasteiger charge is -2.19. The molecule has 2 aromatic carbocycles. The highest BCUT2D eigenvalue weighted by molar-refractivity contribution is 5.90. The van der Waals surface area contributed by atoms with Gasteiger partial charge in [0.25, 0.3) is 0 Å². The zero-order chi connectivity index (χ0) is 22.4. The topological polar surface area (TPSA) is 83.3 Å². The minimum Gasteiger partial charge on any atom is -0.356 e. The van der Waals surface area contributed by atoms with Crippen LogP contribution in [-0.2, 0) is 23.3 Å². The van der Waals surface area contributed by atoms with Crippen LogP contribution >= 0.6 is 0 Å². The normalized spacial score (nSPS) is 14.6. The van der Waals surface area contributed by atoms with Crippen molar-refractivity contribution in [1.29, 1.82) is 0 Å². The van der Waals surface area contributed by atoms with E-state index in [1.807, 2.05) is 36.4 Å². The predicted octanol–water partition coefficient (Wildman–Crippen LogP) is 3.06. The van der Waals surface area contributed by atoms with Crippen molar-refractivity contribution in [3.8, 4) is 0 Å². The lowest BCUT2D eigenvalue weighted by atomic mass is 9.95. The fourth-order valence-electron chi connectivity index (χ4n) is 3.74. The molecule has 1 aromatic heterocycles. The lowest BCUT2D eigenvalue weighted by molar-refractivity contribution is -0.116. The number of carbonyl (C=O) groups excluding carboxylic acids is 1. The molecule has 0 aliphatic heterocycles. The van der Waals surface area contributed by atoms with Crippen LogP contribution in [0, 0.1) is 5.82 Å². The number of hydrogen-bond acceptors (Lipinski definition) is 3. The molecule has 0 saturated heterocycles. The van der Waals surface area contributed by atoms with Crippen LogP contribution in [0.25, 0.3) is 0 Å². The summed E-state index contributed by atoms with van der Waals surface area (Å²) in [7, 11) is 1.71. The smallest absolute Gasteiger partial charge is 0.246 e. The summed E-state index contributed by atoms with van der Waals surface area (Å²) in [4.78, 5) is 16.5. The van der Waals surface area contributed by atoms with Crippen molar-refractivity contribution < 1.29 is 9.18 Å². The molecule has 1 saturated carbocycles. The van der Waals surface area contributed by atoms with Crippen molar-refractivity contribution in [2.75, 3.05) is 18.9 Å². The second-order valence-corrected chi connectivity index (χ2v) is 7.99. The highest BCUT2D eigenvalue weighted by Gasteiger charge is 2.45. The molecule has 3 aromatic rings. The largest absolute Gasteiger partial charge is 0.356 e. The molecular formula is C24H27FN6O. The number of anilines is 1. The van der Waals surface area contributed by atoms with Crippen LogP contribution in [0.5, 0.6) is 0 Å². The van der Waals surface area contributed by atoms with Crippen molar-refractivity contribution in [3.05, 3.63) is 83.9 Å². The number of guanidine groups is 1. The van der Waals surface area contributed by atoms with Crippen molar-refractivity contribution in [3.63, 3.8) is 0 Å². The van der Waals surface area contributed by atoms with E-state index in [2.05, 4.69) is 26.0 Å². The predicted molar refractivity (Wildman–Crippen MR) is 123 cm³/mol. The fourth-order valence-corrected chi connectivity index (χ4v) is 3.74. The first-order valence-electron chi connectivity index (χ1n) is 10.6. The highest BCUT2D eigenvalue weighted by Crippen LogP contribution is 2.48. The first kappa shape index (κ1) is 21.5. The Morgan fingerprint density at radius 3 is 2.72 bits per heavy atom. The summed E-state index contributed by atoms with van der Waals surface area (Å²) in [5.41, 5.74) is 2.32. The molecular weight excluding hydrogens is 407 g/mol. The van der Waals surface area contributed by atoms with E-state index < -0.39 is 0 Å². The van der Waals surface area contributed by atoms with Gasteiger partial charge in [-0.15, -0.1) is 0 Å². The van der Waals surface area contributed by atoms with E-state index in [-0.39, 0.29) is 23.7 Å². The standard InChI is InChI=1S/C24H27FN6O/c1-26-23(28-17-24(10-11-24)20-8-2-3-9-21(20)25)27-15-18-6-4-7-19(14-18)30-22(32)16-31-13-5-12-29-31/h2-9,12-14H,10-11,15-17H2,1H3,(H,30,32)(H2,26,27,28). The third-order valence-corrected chi connectivity index (χ3v) is 5.65. The molecule has 3 N–H and O–H groups in total. The number of aliphatic imine (C=N–C) groups is 1. The van der Waals surface area contributed by atoms with Gasteiger partial charge in [0, 0.05) is 43.6 Å². The molecule has 1 amide bonds. The van der Waals surface area contributed by atoms with Gasteiger partial charge in [-0.3, -0.25) is 14.5 Å². The van der Waals surface area contributed by atoms with Gasteiger partial charge in [-0.25, -0.2) is 4.39 Å². The average Bonchev–Trinajstić information content (AvgIpc) is 3.40. The number of amides is 1. The van der Waals surface area contributed by atoms with E-state index in [9.17, 15) is 9.18 Å². The van der Waals surface area contributed by atoms with E-state index in [0.29, 0.717) is 19.0 Å². The Balaban J connectivity index is 1.29. The maximum absolute atomic E-state index is 14.2. The van der Waals surface area contributed by atoms with E-state index in [4.69, 9.17) is 0 Å². The molecule has 1 heterocycles. The van der Waals surface area contributed by atoms with E-state index in [1.54, 1.807) is 36.3 Å². The van der Waals surface area contributed by atoms with Gasteiger partial charge in [-0.1, -0.05) is 30.3 Å². The van der Waals surface area contributed by atoms with Crippen LogP contribution in [0.1, 0.15) is 24.0 Å². The number of carbonyl (C=O) groups is 1. The Kier molecular flexibility index (Phi) is 6.49. The molecule has 32 heavy (non-hydrogen) atoms. The summed E-state index contributed by atoms with van der Waals surface area (Å²) in [5.74, 6) is 0.362. The first-order chi connectivity index (χ1) is 15.6. The minimum absolute atomic E-state index is 0.140. The highest BCUT2D eigenvalue weighted by atomic mass is 19.1. The SMILES string of the molecule is CN=C(NCc1cccc(NC(=O)Cn2cccn2)c1)NCC1(c2ccccc2F)CC1. The zero-order valence-corrected chi connectivity index (χ0v) is 18.0. The molecule has 0 radical (unpaired) electrons. The molecule has 7 nitrogen and oxygen atoms in total. The van der Waals surface area contributed by atoms with Gasteiger partial charge < -0.3 is 16.0 Å². The summed E-state index contributed by atoms with van der Waals surface area (Å²) in [6.45, 7) is 1.32. The van der Waals surface area contributed by atoms with Gasteiger partial charge in [-0.05, 0) is 48.2 Å². The van der Waals surface area contributed by atoms with Crippen molar-refractivity contribution in [2.45, 2.75) is 31.3 Å². The Morgan fingerprint density at radius 1 is 1.16 bits per heavy atom.